The van der Waals surface area contributed by atoms with E-state index in [2.05, 4.69) is 10.2 Å². The van der Waals surface area contributed by atoms with Gasteiger partial charge in [-0.25, -0.2) is 9.89 Å². The summed E-state index contributed by atoms with van der Waals surface area (Å²) in [5, 5.41) is 14.9. The van der Waals surface area contributed by atoms with E-state index in [0.717, 1.165) is 0 Å². The number of H-pyrrole nitrogens is 1. The predicted molar refractivity (Wildman–Crippen MR) is 37.1 cm³/mol. The van der Waals surface area contributed by atoms with Gasteiger partial charge in [0.05, 0.1) is 6.10 Å². The molecule has 5 heteroatoms. The van der Waals surface area contributed by atoms with Gasteiger partial charge in [-0.1, -0.05) is 0 Å². The number of nitrogens with one attached hydrogen (secondary N) is 1. The highest BCUT2D eigenvalue weighted by atomic mass is 16.3. The molecule has 0 aromatic carbocycles. The lowest BCUT2D eigenvalue weighted by Gasteiger charge is -2.31. The first-order chi connectivity index (χ1) is 5.27. The van der Waals surface area contributed by atoms with Crippen molar-refractivity contribution in [3.63, 3.8) is 0 Å². The summed E-state index contributed by atoms with van der Waals surface area (Å²) in [6.45, 7) is 0. The zero-order chi connectivity index (χ0) is 7.84. The second kappa shape index (κ2) is 2.20. The Hall–Kier alpha value is -1.10. The van der Waals surface area contributed by atoms with E-state index in [1.807, 2.05) is 0 Å². The number of hydrogen-bond acceptors (Lipinski definition) is 3. The number of hydrogen-bond donors (Lipinski definition) is 2. The minimum absolute atomic E-state index is 0.149. The van der Waals surface area contributed by atoms with Crippen LogP contribution in [0.25, 0.3) is 0 Å². The molecule has 0 saturated heterocycles. The van der Waals surface area contributed by atoms with Gasteiger partial charge >= 0.3 is 5.69 Å². The average molecular weight is 155 g/mol. The fraction of sp³-hybridized carbons (Fsp3) is 0.667. The number of aliphatic hydroxyl groups is 1. The first-order valence-corrected chi connectivity index (χ1v) is 3.57. The van der Waals surface area contributed by atoms with Gasteiger partial charge in [-0.2, -0.15) is 5.10 Å². The molecule has 2 N–H and O–H groups in total. The van der Waals surface area contributed by atoms with Crippen LogP contribution in [-0.2, 0) is 0 Å². The van der Waals surface area contributed by atoms with Crippen molar-refractivity contribution in [2.75, 3.05) is 0 Å². The molecule has 60 valence electrons. The lowest BCUT2D eigenvalue weighted by Crippen LogP contribution is -2.35. The summed E-state index contributed by atoms with van der Waals surface area (Å²) in [5.41, 5.74) is -0.193. The van der Waals surface area contributed by atoms with Gasteiger partial charge in [0.2, 0.25) is 0 Å². The molecule has 5 nitrogen and oxygen atoms in total. The SMILES string of the molecule is O=c1[nH]ncn1C1CC(O)C1. The smallest absolute Gasteiger partial charge is 0.343 e. The maximum absolute atomic E-state index is 10.9. The molecular weight excluding hydrogens is 146 g/mol. The Kier molecular flexibility index (Phi) is 1.32. The van der Waals surface area contributed by atoms with Gasteiger partial charge in [0.15, 0.2) is 0 Å². The number of aliphatic hydroxyl groups excluding tert-OH is 1. The standard InChI is InChI=1S/C6H9N3O2/c10-5-1-4(2-5)9-3-7-8-6(9)11/h3-5,10H,1-2H2,(H,8,11). The Morgan fingerprint density at radius 2 is 2.45 bits per heavy atom. The highest BCUT2D eigenvalue weighted by Crippen LogP contribution is 2.30. The fourth-order valence-corrected chi connectivity index (χ4v) is 1.30. The number of aromatic amines is 1. The summed E-state index contributed by atoms with van der Waals surface area (Å²) < 4.78 is 1.52. The molecule has 0 atom stereocenters. The summed E-state index contributed by atoms with van der Waals surface area (Å²) in [6, 6.07) is 0.149. The summed E-state index contributed by atoms with van der Waals surface area (Å²) in [7, 11) is 0. The molecule has 0 unspecified atom stereocenters. The molecule has 1 saturated carbocycles. The van der Waals surface area contributed by atoms with Gasteiger partial charge < -0.3 is 5.11 Å². The van der Waals surface area contributed by atoms with E-state index in [1.165, 1.54) is 10.9 Å². The fourth-order valence-electron chi connectivity index (χ4n) is 1.30. The van der Waals surface area contributed by atoms with Crippen molar-refractivity contribution < 1.29 is 5.11 Å². The molecule has 1 aliphatic rings. The van der Waals surface area contributed by atoms with Crippen molar-refractivity contribution in [1.82, 2.24) is 14.8 Å². The van der Waals surface area contributed by atoms with Crippen LogP contribution in [0.2, 0.25) is 0 Å². The summed E-state index contributed by atoms with van der Waals surface area (Å²) in [4.78, 5) is 10.9. The molecule has 0 bridgehead atoms. The Labute approximate surface area is 62.7 Å². The molecule has 11 heavy (non-hydrogen) atoms. The van der Waals surface area contributed by atoms with Gasteiger partial charge in [0, 0.05) is 6.04 Å². The molecule has 1 aliphatic carbocycles. The van der Waals surface area contributed by atoms with Gasteiger partial charge in [-0.05, 0) is 12.8 Å². The third-order valence-corrected chi connectivity index (χ3v) is 2.06. The molecule has 1 aromatic rings. The topological polar surface area (TPSA) is 70.9 Å². The maximum Gasteiger partial charge on any atom is 0.343 e. The lowest BCUT2D eigenvalue weighted by atomic mass is 9.89. The summed E-state index contributed by atoms with van der Waals surface area (Å²) >= 11 is 0. The average Bonchev–Trinajstić information content (AvgIpc) is 2.29. The predicted octanol–water partition coefficient (Wildman–Crippen LogP) is -0.733. The maximum atomic E-state index is 10.9. The van der Waals surface area contributed by atoms with Gasteiger partial charge in [-0.3, -0.25) is 4.57 Å². The molecular formula is C6H9N3O2. The molecule has 0 radical (unpaired) electrons. The van der Waals surface area contributed by atoms with Crippen LogP contribution in [0.1, 0.15) is 18.9 Å². The van der Waals surface area contributed by atoms with Crippen LogP contribution in [-0.4, -0.2) is 26.0 Å². The molecule has 0 amide bonds. The molecule has 1 heterocycles. The van der Waals surface area contributed by atoms with E-state index in [0.29, 0.717) is 12.8 Å². The van der Waals surface area contributed by atoms with E-state index in [1.54, 1.807) is 0 Å². The second-order valence-electron chi connectivity index (χ2n) is 2.85. The van der Waals surface area contributed by atoms with Crippen LogP contribution < -0.4 is 5.69 Å². The van der Waals surface area contributed by atoms with E-state index in [-0.39, 0.29) is 17.8 Å². The number of rotatable bonds is 1. The molecule has 1 fully saturated rings. The Bertz CT molecular complexity index is 297. The van der Waals surface area contributed by atoms with E-state index in [4.69, 9.17) is 5.11 Å². The largest absolute Gasteiger partial charge is 0.393 e. The van der Waals surface area contributed by atoms with E-state index in [9.17, 15) is 4.79 Å². The Morgan fingerprint density at radius 1 is 1.73 bits per heavy atom. The third-order valence-electron chi connectivity index (χ3n) is 2.06. The quantitative estimate of drug-likeness (QED) is 0.561. The highest BCUT2D eigenvalue weighted by Gasteiger charge is 2.29. The first kappa shape index (κ1) is 6.60. The zero-order valence-electron chi connectivity index (χ0n) is 5.90. The van der Waals surface area contributed by atoms with Crippen LogP contribution in [0.5, 0.6) is 0 Å². The van der Waals surface area contributed by atoms with E-state index >= 15 is 0 Å². The van der Waals surface area contributed by atoms with E-state index < -0.39 is 0 Å². The highest BCUT2D eigenvalue weighted by molar-refractivity contribution is 4.85. The Balaban J connectivity index is 2.19. The van der Waals surface area contributed by atoms with Crippen molar-refractivity contribution in [3.8, 4) is 0 Å². The van der Waals surface area contributed by atoms with Gasteiger partial charge in [0.25, 0.3) is 0 Å². The number of aromatic nitrogens is 3. The Morgan fingerprint density at radius 3 is 2.91 bits per heavy atom. The van der Waals surface area contributed by atoms with Gasteiger partial charge in [-0.15, -0.1) is 0 Å². The molecule has 0 aliphatic heterocycles. The van der Waals surface area contributed by atoms with Gasteiger partial charge in [0.1, 0.15) is 6.33 Å². The van der Waals surface area contributed by atoms with Crippen LogP contribution >= 0.6 is 0 Å². The van der Waals surface area contributed by atoms with Crippen molar-refractivity contribution in [1.29, 1.82) is 0 Å². The minimum Gasteiger partial charge on any atom is -0.393 e. The van der Waals surface area contributed by atoms with Crippen LogP contribution in [0.15, 0.2) is 11.1 Å². The minimum atomic E-state index is -0.234. The second-order valence-corrected chi connectivity index (χ2v) is 2.85. The molecule has 2 rings (SSSR count). The van der Waals surface area contributed by atoms with Crippen LogP contribution in [0.4, 0.5) is 0 Å². The first-order valence-electron chi connectivity index (χ1n) is 3.57. The lowest BCUT2D eigenvalue weighted by molar-refractivity contribution is 0.0471. The van der Waals surface area contributed by atoms with Crippen molar-refractivity contribution in [3.05, 3.63) is 16.8 Å². The van der Waals surface area contributed by atoms with Crippen molar-refractivity contribution in [2.45, 2.75) is 25.0 Å². The summed E-state index contributed by atoms with van der Waals surface area (Å²) in [6.07, 6.45) is 2.57. The van der Waals surface area contributed by atoms with Crippen LogP contribution in [0.3, 0.4) is 0 Å². The molecule has 1 aromatic heterocycles. The zero-order valence-corrected chi connectivity index (χ0v) is 5.90. The number of nitrogens with zero attached hydrogens (tertiary/aromatic N) is 2. The monoisotopic (exact) mass is 155 g/mol. The van der Waals surface area contributed by atoms with Crippen molar-refractivity contribution >= 4 is 0 Å². The summed E-state index contributed by atoms with van der Waals surface area (Å²) in [5.74, 6) is 0. The third kappa shape index (κ3) is 0.970. The van der Waals surface area contributed by atoms with Crippen LogP contribution in [0, 0.1) is 0 Å². The normalized spacial score (nSPS) is 29.9. The molecule has 0 spiro atoms. The van der Waals surface area contributed by atoms with Crippen molar-refractivity contribution in [2.24, 2.45) is 0 Å².